The van der Waals surface area contributed by atoms with Gasteiger partial charge in [-0.2, -0.15) is 0 Å². The molecule has 0 unspecified atom stereocenters. The summed E-state index contributed by atoms with van der Waals surface area (Å²) in [6, 6.07) is 3.14. The second-order valence-corrected chi connectivity index (χ2v) is 6.30. The van der Waals surface area contributed by atoms with E-state index >= 15 is 0 Å². The fourth-order valence-corrected chi connectivity index (χ4v) is 3.11. The number of halogens is 1. The maximum Gasteiger partial charge on any atom is 0.325 e. The maximum absolute atomic E-state index is 12.2. The van der Waals surface area contributed by atoms with Crippen LogP contribution < -0.4 is 4.74 Å². The van der Waals surface area contributed by atoms with Gasteiger partial charge in [0.2, 0.25) is 0 Å². The van der Waals surface area contributed by atoms with E-state index in [2.05, 4.69) is 20.7 Å². The van der Waals surface area contributed by atoms with Crippen LogP contribution in [0.3, 0.4) is 0 Å². The van der Waals surface area contributed by atoms with E-state index in [0.717, 1.165) is 4.90 Å². The first kappa shape index (κ1) is 17.4. The quantitative estimate of drug-likeness (QED) is 0.611. The number of phenols is 1. The molecule has 0 bridgehead atoms. The number of hydrogen-bond acceptors (Lipinski definition) is 7. The average molecular weight is 402 g/mol. The molecule has 0 saturated carbocycles. The predicted octanol–water partition coefficient (Wildman–Crippen LogP) is 2.37. The van der Waals surface area contributed by atoms with Crippen molar-refractivity contribution >= 4 is 50.9 Å². The minimum Gasteiger partial charge on any atom is -0.504 e. The number of carbonyl (C=O) groups is 3. The minimum absolute atomic E-state index is 0.0920. The van der Waals surface area contributed by atoms with Crippen LogP contribution in [0.15, 0.2) is 21.5 Å². The van der Waals surface area contributed by atoms with Gasteiger partial charge >= 0.3 is 5.97 Å². The summed E-state index contributed by atoms with van der Waals surface area (Å²) in [4.78, 5) is 36.2. The van der Waals surface area contributed by atoms with Gasteiger partial charge in [0.1, 0.15) is 6.54 Å². The highest BCUT2D eigenvalue weighted by molar-refractivity contribution is 9.10. The fourth-order valence-electron chi connectivity index (χ4n) is 1.83. The summed E-state index contributed by atoms with van der Waals surface area (Å²) in [5.74, 6) is -1.25. The van der Waals surface area contributed by atoms with Crippen LogP contribution in [0.5, 0.6) is 11.5 Å². The largest absolute Gasteiger partial charge is 0.504 e. The Hall–Kier alpha value is -2.00. The van der Waals surface area contributed by atoms with Crippen molar-refractivity contribution in [2.45, 2.75) is 0 Å². The molecule has 1 aromatic carbocycles. The third kappa shape index (κ3) is 3.67. The van der Waals surface area contributed by atoms with E-state index in [0.29, 0.717) is 21.8 Å². The molecule has 1 heterocycles. The van der Waals surface area contributed by atoms with Gasteiger partial charge in [-0.3, -0.25) is 19.3 Å². The number of rotatable bonds is 4. The molecule has 1 aliphatic rings. The highest BCUT2D eigenvalue weighted by atomic mass is 79.9. The zero-order valence-electron chi connectivity index (χ0n) is 12.2. The van der Waals surface area contributed by atoms with Crippen LogP contribution in [0.1, 0.15) is 5.56 Å². The molecule has 122 valence electrons. The van der Waals surface area contributed by atoms with E-state index in [4.69, 9.17) is 4.74 Å². The number of amides is 2. The number of methoxy groups -OCH3 is 2. The molecule has 1 aromatic rings. The first-order chi connectivity index (χ1) is 10.9. The number of hydrogen-bond donors (Lipinski definition) is 1. The number of imide groups is 1. The van der Waals surface area contributed by atoms with Crippen molar-refractivity contribution in [1.29, 1.82) is 0 Å². The molecule has 0 aromatic heterocycles. The molecular weight excluding hydrogens is 390 g/mol. The van der Waals surface area contributed by atoms with Crippen LogP contribution in [-0.2, 0) is 14.3 Å². The lowest BCUT2D eigenvalue weighted by atomic mass is 10.1. The van der Waals surface area contributed by atoms with E-state index in [1.807, 2.05) is 0 Å². The number of esters is 1. The Morgan fingerprint density at radius 2 is 2.09 bits per heavy atom. The molecular formula is C14H12BrNO6S. The molecule has 23 heavy (non-hydrogen) atoms. The van der Waals surface area contributed by atoms with Gasteiger partial charge in [-0.25, -0.2) is 0 Å². The van der Waals surface area contributed by atoms with Gasteiger partial charge in [-0.15, -0.1) is 0 Å². The third-order valence-corrected chi connectivity index (χ3v) is 4.33. The van der Waals surface area contributed by atoms with E-state index < -0.39 is 23.7 Å². The summed E-state index contributed by atoms with van der Waals surface area (Å²) in [5.41, 5.74) is 0.305. The molecule has 0 radical (unpaired) electrons. The fraction of sp³-hybridized carbons (Fsp3) is 0.214. The van der Waals surface area contributed by atoms with Gasteiger partial charge < -0.3 is 14.6 Å². The lowest BCUT2D eigenvalue weighted by molar-refractivity contribution is -0.143. The third-order valence-electron chi connectivity index (χ3n) is 2.96. The number of benzene rings is 1. The van der Waals surface area contributed by atoms with Crippen LogP contribution in [0, 0.1) is 0 Å². The Kier molecular flexibility index (Phi) is 5.32. The standard InChI is InChI=1S/C14H12BrNO6S/c1-21-9-5-8(15)3-7(12(9)18)4-10-13(19)16(14(20)23-10)6-11(17)22-2/h3-5,18H,6H2,1-2H3. The van der Waals surface area contributed by atoms with E-state index in [1.54, 1.807) is 12.1 Å². The summed E-state index contributed by atoms with van der Waals surface area (Å²) in [5, 5.41) is 9.52. The van der Waals surface area contributed by atoms with E-state index in [9.17, 15) is 19.5 Å². The van der Waals surface area contributed by atoms with Gasteiger partial charge in [0.15, 0.2) is 11.5 Å². The normalized spacial score (nSPS) is 16.1. The van der Waals surface area contributed by atoms with Gasteiger partial charge in [-0.1, -0.05) is 15.9 Å². The van der Waals surface area contributed by atoms with Crippen molar-refractivity contribution < 1.29 is 29.0 Å². The second kappa shape index (κ2) is 7.05. The summed E-state index contributed by atoms with van der Waals surface area (Å²) >= 11 is 3.95. The Morgan fingerprint density at radius 1 is 1.39 bits per heavy atom. The van der Waals surface area contributed by atoms with Gasteiger partial charge in [0.25, 0.3) is 11.1 Å². The minimum atomic E-state index is -0.694. The van der Waals surface area contributed by atoms with Crippen LogP contribution in [0.25, 0.3) is 6.08 Å². The lowest BCUT2D eigenvalue weighted by Crippen LogP contribution is -2.34. The van der Waals surface area contributed by atoms with Crippen molar-refractivity contribution in [3.63, 3.8) is 0 Å². The van der Waals surface area contributed by atoms with Crippen molar-refractivity contribution in [2.24, 2.45) is 0 Å². The van der Waals surface area contributed by atoms with Crippen molar-refractivity contribution in [3.05, 3.63) is 27.1 Å². The Bertz CT molecular complexity index is 717. The number of nitrogens with zero attached hydrogens (tertiary/aromatic N) is 1. The monoisotopic (exact) mass is 401 g/mol. The maximum atomic E-state index is 12.2. The van der Waals surface area contributed by atoms with Gasteiger partial charge in [0.05, 0.1) is 19.1 Å². The molecule has 0 spiro atoms. The summed E-state index contributed by atoms with van der Waals surface area (Å²) in [7, 11) is 2.57. The topological polar surface area (TPSA) is 93.1 Å². The molecule has 1 saturated heterocycles. The Balaban J connectivity index is 2.34. The first-order valence-corrected chi connectivity index (χ1v) is 7.87. The smallest absolute Gasteiger partial charge is 0.325 e. The van der Waals surface area contributed by atoms with Crippen LogP contribution >= 0.6 is 27.7 Å². The van der Waals surface area contributed by atoms with E-state index in [1.165, 1.54) is 20.3 Å². The second-order valence-electron chi connectivity index (χ2n) is 4.39. The number of aromatic hydroxyl groups is 1. The van der Waals surface area contributed by atoms with E-state index in [-0.39, 0.29) is 16.4 Å². The highest BCUT2D eigenvalue weighted by Gasteiger charge is 2.36. The summed E-state index contributed by atoms with van der Waals surface area (Å²) in [6.45, 7) is -0.452. The molecule has 1 fully saturated rings. The molecule has 1 N–H and O–H groups in total. The first-order valence-electron chi connectivity index (χ1n) is 6.26. The zero-order valence-corrected chi connectivity index (χ0v) is 14.6. The van der Waals surface area contributed by atoms with Crippen LogP contribution in [0.4, 0.5) is 4.79 Å². The van der Waals surface area contributed by atoms with Gasteiger partial charge in [0, 0.05) is 10.0 Å². The van der Waals surface area contributed by atoms with Crippen LogP contribution in [0.2, 0.25) is 0 Å². The van der Waals surface area contributed by atoms with Crippen molar-refractivity contribution in [3.8, 4) is 11.5 Å². The van der Waals surface area contributed by atoms with Crippen molar-refractivity contribution in [2.75, 3.05) is 20.8 Å². The molecule has 0 atom stereocenters. The molecule has 1 aliphatic heterocycles. The zero-order chi connectivity index (χ0) is 17.1. The number of ether oxygens (including phenoxy) is 2. The Morgan fingerprint density at radius 3 is 2.70 bits per heavy atom. The van der Waals surface area contributed by atoms with Crippen molar-refractivity contribution in [1.82, 2.24) is 4.90 Å². The summed E-state index contributed by atoms with van der Waals surface area (Å²) in [6.07, 6.45) is 1.37. The SMILES string of the molecule is COC(=O)CN1C(=O)SC(=Cc2cc(Br)cc(OC)c2O)C1=O. The molecule has 2 amide bonds. The predicted molar refractivity (Wildman–Crippen MR) is 87.1 cm³/mol. The number of carbonyl (C=O) groups excluding carboxylic acids is 3. The molecule has 2 rings (SSSR count). The average Bonchev–Trinajstić information content (AvgIpc) is 2.77. The highest BCUT2D eigenvalue weighted by Crippen LogP contribution is 2.38. The molecule has 7 nitrogen and oxygen atoms in total. The van der Waals surface area contributed by atoms with Gasteiger partial charge in [-0.05, 0) is 30.0 Å². The molecule has 0 aliphatic carbocycles. The lowest BCUT2D eigenvalue weighted by Gasteiger charge is -2.10. The summed E-state index contributed by atoms with van der Waals surface area (Å²) < 4.78 is 10.1. The Labute approximate surface area is 144 Å². The number of phenolic OH excluding ortho intramolecular Hbond substituents is 1. The number of thioether (sulfide) groups is 1. The van der Waals surface area contributed by atoms with Crippen LogP contribution in [-0.4, -0.2) is 47.9 Å². The molecule has 9 heteroatoms.